The van der Waals surface area contributed by atoms with E-state index in [4.69, 9.17) is 16.0 Å². The number of hydrogen-bond donors (Lipinski definition) is 1. The number of fused-ring (bicyclic) bond motifs is 1. The summed E-state index contributed by atoms with van der Waals surface area (Å²) in [6.07, 6.45) is 1.99. The second-order valence-corrected chi connectivity index (χ2v) is 4.55. The first-order chi connectivity index (χ1) is 8.66. The predicted octanol–water partition coefficient (Wildman–Crippen LogP) is 1.41. The molecule has 1 fully saturated rings. The van der Waals surface area contributed by atoms with Crippen molar-refractivity contribution in [2.75, 3.05) is 13.1 Å². The van der Waals surface area contributed by atoms with Gasteiger partial charge < -0.3 is 9.32 Å². The fourth-order valence-corrected chi connectivity index (χ4v) is 2.29. The van der Waals surface area contributed by atoms with Crippen molar-refractivity contribution in [1.29, 1.82) is 0 Å². The summed E-state index contributed by atoms with van der Waals surface area (Å²) in [6, 6.07) is 1.42. The summed E-state index contributed by atoms with van der Waals surface area (Å²) in [4.78, 5) is 25.3. The quantitative estimate of drug-likeness (QED) is 0.847. The molecule has 0 radical (unpaired) electrons. The van der Waals surface area contributed by atoms with E-state index in [-0.39, 0.29) is 27.8 Å². The Labute approximate surface area is 107 Å². The van der Waals surface area contributed by atoms with Crippen molar-refractivity contribution in [1.82, 2.24) is 15.1 Å². The zero-order valence-electron chi connectivity index (χ0n) is 9.40. The number of furan rings is 1. The summed E-state index contributed by atoms with van der Waals surface area (Å²) in [7, 11) is 0. The van der Waals surface area contributed by atoms with Gasteiger partial charge in [0, 0.05) is 19.2 Å². The molecule has 1 aliphatic rings. The van der Waals surface area contributed by atoms with Gasteiger partial charge in [-0.3, -0.25) is 9.59 Å². The number of halogens is 1. The van der Waals surface area contributed by atoms with Gasteiger partial charge >= 0.3 is 0 Å². The van der Waals surface area contributed by atoms with Crippen molar-refractivity contribution in [3.8, 4) is 0 Å². The topological polar surface area (TPSA) is 79.2 Å². The summed E-state index contributed by atoms with van der Waals surface area (Å²) in [5.74, 6) is -0.0773. The molecule has 2 aromatic heterocycles. The number of nitrogens with zero attached hydrogens (tertiary/aromatic N) is 2. The van der Waals surface area contributed by atoms with E-state index in [1.807, 2.05) is 0 Å². The van der Waals surface area contributed by atoms with Gasteiger partial charge in [-0.15, -0.1) is 0 Å². The number of aromatic nitrogens is 2. The van der Waals surface area contributed by atoms with E-state index < -0.39 is 5.56 Å². The molecule has 0 unspecified atom stereocenters. The van der Waals surface area contributed by atoms with E-state index in [1.165, 1.54) is 6.07 Å². The normalized spacial score (nSPS) is 15.5. The first kappa shape index (κ1) is 11.3. The summed E-state index contributed by atoms with van der Waals surface area (Å²) in [5.41, 5.74) is -0.262. The molecule has 0 aliphatic carbocycles. The van der Waals surface area contributed by atoms with Crippen LogP contribution in [0.25, 0.3) is 11.0 Å². The molecule has 18 heavy (non-hydrogen) atoms. The average molecular weight is 268 g/mol. The lowest BCUT2D eigenvalue weighted by Crippen LogP contribution is -2.27. The van der Waals surface area contributed by atoms with Crippen LogP contribution in [0.15, 0.2) is 15.3 Å². The summed E-state index contributed by atoms with van der Waals surface area (Å²) in [6.45, 7) is 1.44. The van der Waals surface area contributed by atoms with Crippen LogP contribution in [-0.2, 0) is 0 Å². The number of carbonyl (C=O) groups is 1. The molecule has 2 aromatic rings. The second-order valence-electron chi connectivity index (χ2n) is 4.20. The fourth-order valence-electron chi connectivity index (χ4n) is 2.11. The smallest absolute Gasteiger partial charge is 0.289 e. The molecule has 7 heteroatoms. The van der Waals surface area contributed by atoms with E-state index in [2.05, 4.69) is 10.2 Å². The Bertz CT molecular complexity index is 670. The van der Waals surface area contributed by atoms with Crippen molar-refractivity contribution in [3.05, 3.63) is 27.3 Å². The van der Waals surface area contributed by atoms with Gasteiger partial charge in [-0.05, 0) is 12.8 Å². The maximum Gasteiger partial charge on any atom is 0.289 e. The van der Waals surface area contributed by atoms with Crippen LogP contribution in [-0.4, -0.2) is 34.1 Å². The number of amides is 1. The fraction of sp³-hybridized carbons (Fsp3) is 0.364. The molecule has 0 atom stereocenters. The number of carbonyl (C=O) groups excluding carboxylic acids is 1. The minimum Gasteiger partial charge on any atom is -0.447 e. The Kier molecular flexibility index (Phi) is 2.59. The summed E-state index contributed by atoms with van der Waals surface area (Å²) in [5, 5.41) is 6.12. The number of likely N-dealkylation sites (tertiary alicyclic amines) is 1. The van der Waals surface area contributed by atoms with Crippen molar-refractivity contribution >= 4 is 28.5 Å². The SMILES string of the molecule is O=C(c1cc2c(=O)[nH]nc(Cl)c2o1)N1CCCC1. The van der Waals surface area contributed by atoms with E-state index in [1.54, 1.807) is 4.90 Å². The van der Waals surface area contributed by atoms with Crippen LogP contribution >= 0.6 is 11.6 Å². The van der Waals surface area contributed by atoms with E-state index in [0.717, 1.165) is 25.9 Å². The molecule has 94 valence electrons. The van der Waals surface area contributed by atoms with Gasteiger partial charge in [0.2, 0.25) is 0 Å². The Morgan fingerprint density at radius 1 is 1.44 bits per heavy atom. The van der Waals surface area contributed by atoms with Crippen molar-refractivity contribution < 1.29 is 9.21 Å². The maximum absolute atomic E-state index is 12.1. The maximum atomic E-state index is 12.1. The van der Waals surface area contributed by atoms with Crippen LogP contribution in [0.2, 0.25) is 5.15 Å². The lowest BCUT2D eigenvalue weighted by molar-refractivity contribution is 0.0763. The number of aromatic amines is 1. The average Bonchev–Trinajstić information content (AvgIpc) is 3.01. The minimum atomic E-state index is -0.418. The summed E-state index contributed by atoms with van der Waals surface area (Å²) < 4.78 is 5.35. The van der Waals surface area contributed by atoms with E-state index >= 15 is 0 Å². The third-order valence-electron chi connectivity index (χ3n) is 3.02. The number of rotatable bonds is 1. The standard InChI is InChI=1S/C11H10ClN3O3/c12-9-8-6(10(16)14-13-9)5-7(18-8)11(17)15-3-1-2-4-15/h5H,1-4H2,(H,14,16). The largest absolute Gasteiger partial charge is 0.447 e. The minimum absolute atomic E-state index is 0.0464. The molecule has 1 N–H and O–H groups in total. The molecule has 1 amide bonds. The Morgan fingerprint density at radius 3 is 2.83 bits per heavy atom. The highest BCUT2D eigenvalue weighted by molar-refractivity contribution is 6.33. The lowest BCUT2D eigenvalue weighted by atomic mass is 10.3. The molecule has 3 rings (SSSR count). The number of hydrogen-bond acceptors (Lipinski definition) is 4. The van der Waals surface area contributed by atoms with Crippen molar-refractivity contribution in [3.63, 3.8) is 0 Å². The molecule has 0 bridgehead atoms. The molecule has 3 heterocycles. The van der Waals surface area contributed by atoms with Crippen LogP contribution in [0.4, 0.5) is 0 Å². The Morgan fingerprint density at radius 2 is 2.17 bits per heavy atom. The highest BCUT2D eigenvalue weighted by atomic mass is 35.5. The lowest BCUT2D eigenvalue weighted by Gasteiger charge is -2.12. The highest BCUT2D eigenvalue weighted by Crippen LogP contribution is 2.23. The van der Waals surface area contributed by atoms with Gasteiger partial charge in [-0.2, -0.15) is 5.10 Å². The van der Waals surface area contributed by atoms with Crippen LogP contribution < -0.4 is 5.56 Å². The van der Waals surface area contributed by atoms with E-state index in [0.29, 0.717) is 0 Å². The van der Waals surface area contributed by atoms with Crippen LogP contribution in [0.1, 0.15) is 23.4 Å². The van der Waals surface area contributed by atoms with Gasteiger partial charge in [0.1, 0.15) is 0 Å². The highest BCUT2D eigenvalue weighted by Gasteiger charge is 2.24. The van der Waals surface area contributed by atoms with Gasteiger partial charge in [0.15, 0.2) is 16.5 Å². The molecule has 1 saturated heterocycles. The van der Waals surface area contributed by atoms with Gasteiger partial charge in [-0.1, -0.05) is 11.6 Å². The summed E-state index contributed by atoms with van der Waals surface area (Å²) >= 11 is 5.81. The molecular formula is C11H10ClN3O3. The van der Waals surface area contributed by atoms with Crippen molar-refractivity contribution in [2.24, 2.45) is 0 Å². The zero-order chi connectivity index (χ0) is 12.7. The molecule has 1 aliphatic heterocycles. The van der Waals surface area contributed by atoms with Crippen molar-refractivity contribution in [2.45, 2.75) is 12.8 Å². The van der Waals surface area contributed by atoms with Crippen LogP contribution in [0, 0.1) is 0 Å². The third-order valence-corrected chi connectivity index (χ3v) is 3.28. The number of nitrogens with one attached hydrogen (secondary N) is 1. The monoisotopic (exact) mass is 267 g/mol. The zero-order valence-corrected chi connectivity index (χ0v) is 10.2. The molecule has 6 nitrogen and oxygen atoms in total. The number of H-pyrrole nitrogens is 1. The van der Waals surface area contributed by atoms with Crippen LogP contribution in [0.5, 0.6) is 0 Å². The molecule has 0 saturated carbocycles. The molecular weight excluding hydrogens is 258 g/mol. The van der Waals surface area contributed by atoms with E-state index in [9.17, 15) is 9.59 Å². The Balaban J connectivity index is 2.08. The first-order valence-electron chi connectivity index (χ1n) is 5.64. The second kappa shape index (κ2) is 4.13. The predicted molar refractivity (Wildman–Crippen MR) is 64.8 cm³/mol. The molecule has 0 spiro atoms. The van der Waals surface area contributed by atoms with Gasteiger partial charge in [0.05, 0.1) is 5.39 Å². The first-order valence-corrected chi connectivity index (χ1v) is 6.01. The van der Waals surface area contributed by atoms with Crippen LogP contribution in [0.3, 0.4) is 0 Å². The Hall–Kier alpha value is -1.82. The van der Waals surface area contributed by atoms with Gasteiger partial charge in [-0.25, -0.2) is 5.10 Å². The van der Waals surface area contributed by atoms with Gasteiger partial charge in [0.25, 0.3) is 11.5 Å². The molecule has 0 aromatic carbocycles. The third kappa shape index (κ3) is 1.69.